The Balaban J connectivity index is 3.11. The second kappa shape index (κ2) is 6.35. The van der Waals surface area contributed by atoms with Crippen LogP contribution in [0.25, 0.3) is 0 Å². The zero-order valence-electron chi connectivity index (χ0n) is 11.1. The predicted octanol–water partition coefficient (Wildman–Crippen LogP) is 3.34. The monoisotopic (exact) mass is 317 g/mol. The van der Waals surface area contributed by atoms with Crippen LogP contribution in [0.15, 0.2) is 6.07 Å². The number of halogens is 6. The molecule has 1 aromatic heterocycles. The number of hydrogen-bond acceptors (Lipinski definition) is 4. The lowest BCUT2D eigenvalue weighted by Crippen LogP contribution is -2.46. The van der Waals surface area contributed by atoms with Crippen LogP contribution in [0.3, 0.4) is 0 Å². The van der Waals surface area contributed by atoms with Crippen LogP contribution < -0.4 is 10.1 Å². The molecule has 10 heteroatoms. The highest BCUT2D eigenvalue weighted by atomic mass is 19.4. The van der Waals surface area contributed by atoms with Gasteiger partial charge in [0.05, 0.1) is 0 Å². The van der Waals surface area contributed by atoms with E-state index in [1.807, 2.05) is 0 Å². The zero-order chi connectivity index (χ0) is 16.3. The van der Waals surface area contributed by atoms with Crippen LogP contribution in [0.1, 0.15) is 19.2 Å². The molecule has 120 valence electrons. The average molecular weight is 317 g/mol. The average Bonchev–Trinajstić information content (AvgIpc) is 2.33. The van der Waals surface area contributed by atoms with E-state index in [4.69, 9.17) is 0 Å². The van der Waals surface area contributed by atoms with E-state index in [1.165, 1.54) is 7.05 Å². The highest BCUT2D eigenvalue weighted by Gasteiger charge is 2.59. The molecule has 21 heavy (non-hydrogen) atoms. The molecule has 1 aromatic rings. The molecule has 0 fully saturated rings. The minimum absolute atomic E-state index is 0.0755. The van der Waals surface area contributed by atoms with E-state index in [1.54, 1.807) is 6.92 Å². The highest BCUT2D eigenvalue weighted by molar-refractivity contribution is 5.37. The third-order valence-electron chi connectivity index (χ3n) is 2.31. The molecular weight excluding hydrogens is 304 g/mol. The minimum Gasteiger partial charge on any atom is -0.455 e. The third-order valence-corrected chi connectivity index (χ3v) is 2.31. The van der Waals surface area contributed by atoms with Crippen LogP contribution >= 0.6 is 0 Å². The fourth-order valence-corrected chi connectivity index (χ4v) is 1.44. The van der Waals surface area contributed by atoms with E-state index in [0.29, 0.717) is 12.8 Å². The molecule has 1 rings (SSSR count). The number of aromatic nitrogens is 2. The Kier molecular flexibility index (Phi) is 5.24. The Morgan fingerprint density at radius 1 is 1.14 bits per heavy atom. The van der Waals surface area contributed by atoms with Gasteiger partial charge in [0.1, 0.15) is 11.6 Å². The maximum absolute atomic E-state index is 12.4. The molecule has 0 amide bonds. The molecule has 1 N–H and O–H groups in total. The zero-order valence-corrected chi connectivity index (χ0v) is 11.1. The fourth-order valence-electron chi connectivity index (χ4n) is 1.44. The number of rotatable bonds is 5. The Bertz CT molecular complexity index is 460. The van der Waals surface area contributed by atoms with Gasteiger partial charge in [0, 0.05) is 19.5 Å². The molecule has 1 heterocycles. The standard InChI is InChI=1S/C11H13F6N3O/c1-3-4-6-19-7(18-2)5-8(20-6)21-9(10(12,13)14)11(15,16)17/h5,9H,3-4H2,1-2H3,(H,18,19,20). The number of alkyl halides is 6. The van der Waals surface area contributed by atoms with Crippen LogP contribution in [0.2, 0.25) is 0 Å². The van der Waals surface area contributed by atoms with Gasteiger partial charge in [-0.05, 0) is 6.42 Å². The first kappa shape index (κ1) is 17.3. The molecule has 0 aliphatic rings. The van der Waals surface area contributed by atoms with Crippen LogP contribution in [-0.4, -0.2) is 35.5 Å². The van der Waals surface area contributed by atoms with Crippen LogP contribution in [0.4, 0.5) is 32.2 Å². The lowest BCUT2D eigenvalue weighted by Gasteiger charge is -2.23. The lowest BCUT2D eigenvalue weighted by molar-refractivity contribution is -0.300. The van der Waals surface area contributed by atoms with Crippen molar-refractivity contribution < 1.29 is 31.1 Å². The molecule has 0 radical (unpaired) electrons. The normalized spacial score (nSPS) is 12.6. The molecule has 0 saturated carbocycles. The fraction of sp³-hybridized carbons (Fsp3) is 0.636. The molecule has 0 bridgehead atoms. The van der Waals surface area contributed by atoms with Gasteiger partial charge in [0.25, 0.3) is 6.10 Å². The van der Waals surface area contributed by atoms with E-state index < -0.39 is 24.3 Å². The van der Waals surface area contributed by atoms with E-state index in [-0.39, 0.29) is 11.6 Å². The predicted molar refractivity (Wildman–Crippen MR) is 62.1 cm³/mol. The van der Waals surface area contributed by atoms with Gasteiger partial charge in [-0.1, -0.05) is 6.92 Å². The maximum Gasteiger partial charge on any atom is 0.434 e. The van der Waals surface area contributed by atoms with Gasteiger partial charge in [0.15, 0.2) is 0 Å². The SMILES string of the molecule is CCCc1nc(NC)cc(OC(C(F)(F)F)C(F)(F)F)n1. The molecule has 0 unspecified atom stereocenters. The van der Waals surface area contributed by atoms with Gasteiger partial charge >= 0.3 is 12.4 Å². The summed E-state index contributed by atoms with van der Waals surface area (Å²) >= 11 is 0. The van der Waals surface area contributed by atoms with Crippen molar-refractivity contribution in [3.63, 3.8) is 0 Å². The van der Waals surface area contributed by atoms with Gasteiger partial charge in [0.2, 0.25) is 5.88 Å². The van der Waals surface area contributed by atoms with Gasteiger partial charge in [-0.15, -0.1) is 0 Å². The molecule has 0 aliphatic heterocycles. The molecule has 0 aromatic carbocycles. The van der Waals surface area contributed by atoms with Gasteiger partial charge < -0.3 is 10.1 Å². The van der Waals surface area contributed by atoms with Gasteiger partial charge in [-0.25, -0.2) is 4.98 Å². The summed E-state index contributed by atoms with van der Waals surface area (Å²) in [6.45, 7) is 1.77. The number of anilines is 1. The second-order valence-electron chi connectivity index (χ2n) is 4.09. The number of hydrogen-bond donors (Lipinski definition) is 1. The molecular formula is C11H13F6N3O. The quantitative estimate of drug-likeness (QED) is 0.846. The summed E-state index contributed by atoms with van der Waals surface area (Å²) in [4.78, 5) is 7.47. The first-order valence-corrected chi connectivity index (χ1v) is 5.93. The Morgan fingerprint density at radius 2 is 1.71 bits per heavy atom. The molecule has 0 aliphatic carbocycles. The number of aryl methyl sites for hydroxylation is 1. The first-order chi connectivity index (χ1) is 9.57. The second-order valence-corrected chi connectivity index (χ2v) is 4.09. The van der Waals surface area contributed by atoms with E-state index in [2.05, 4.69) is 20.0 Å². The lowest BCUT2D eigenvalue weighted by atomic mass is 10.3. The number of nitrogens with one attached hydrogen (secondary N) is 1. The van der Waals surface area contributed by atoms with E-state index in [9.17, 15) is 26.3 Å². The molecule has 0 spiro atoms. The molecule has 4 nitrogen and oxygen atoms in total. The number of nitrogens with zero attached hydrogens (tertiary/aromatic N) is 2. The minimum atomic E-state index is -5.59. The summed E-state index contributed by atoms with van der Waals surface area (Å²) in [7, 11) is 1.42. The van der Waals surface area contributed by atoms with Crippen LogP contribution in [0.5, 0.6) is 5.88 Å². The van der Waals surface area contributed by atoms with E-state index in [0.717, 1.165) is 6.07 Å². The summed E-state index contributed by atoms with van der Waals surface area (Å²) in [6.07, 6.45) is -14.2. The summed E-state index contributed by atoms with van der Waals surface area (Å²) in [6, 6.07) is 0.879. The van der Waals surface area contributed by atoms with Crippen LogP contribution in [0, 0.1) is 0 Å². The van der Waals surface area contributed by atoms with E-state index >= 15 is 0 Å². The number of ether oxygens (including phenoxy) is 1. The maximum atomic E-state index is 12.4. The van der Waals surface area contributed by atoms with Gasteiger partial charge in [-0.2, -0.15) is 31.3 Å². The molecule has 0 atom stereocenters. The van der Waals surface area contributed by atoms with Crippen molar-refractivity contribution in [1.29, 1.82) is 0 Å². The summed E-state index contributed by atoms with van der Waals surface area (Å²) in [5.41, 5.74) is 0. The Labute approximate surface area is 116 Å². The van der Waals surface area contributed by atoms with Crippen LogP contribution in [-0.2, 0) is 6.42 Å². The largest absolute Gasteiger partial charge is 0.455 e. The molecule has 0 saturated heterocycles. The first-order valence-electron chi connectivity index (χ1n) is 5.93. The van der Waals surface area contributed by atoms with Crippen molar-refractivity contribution in [2.24, 2.45) is 0 Å². The van der Waals surface area contributed by atoms with Gasteiger partial charge in [-0.3, -0.25) is 0 Å². The van der Waals surface area contributed by atoms with Crippen molar-refractivity contribution in [3.8, 4) is 5.88 Å². The topological polar surface area (TPSA) is 47.0 Å². The van der Waals surface area contributed by atoms with Crippen molar-refractivity contribution in [2.75, 3.05) is 12.4 Å². The highest BCUT2D eigenvalue weighted by Crippen LogP contribution is 2.36. The summed E-state index contributed by atoms with van der Waals surface area (Å²) in [5.74, 6) is -0.605. The Morgan fingerprint density at radius 3 is 2.14 bits per heavy atom. The Hall–Kier alpha value is -1.74. The third kappa shape index (κ3) is 4.94. The van der Waals surface area contributed by atoms with Crippen molar-refractivity contribution in [1.82, 2.24) is 9.97 Å². The van der Waals surface area contributed by atoms with Crippen molar-refractivity contribution in [3.05, 3.63) is 11.9 Å². The van der Waals surface area contributed by atoms with Crippen molar-refractivity contribution in [2.45, 2.75) is 38.2 Å². The van der Waals surface area contributed by atoms with Crippen molar-refractivity contribution >= 4 is 5.82 Å². The summed E-state index contributed by atoms with van der Waals surface area (Å²) < 4.78 is 78.6. The smallest absolute Gasteiger partial charge is 0.434 e. The summed E-state index contributed by atoms with van der Waals surface area (Å²) in [5, 5.41) is 2.52.